The molecule has 0 fully saturated rings. The number of halogens is 1. The molecular weight excluding hydrogens is 91.1 g/mol. The van der Waals surface area contributed by atoms with Crippen molar-refractivity contribution in [3.05, 3.63) is 24.3 Å². The summed E-state index contributed by atoms with van der Waals surface area (Å²) in [4.78, 5) is 0. The molecule has 0 saturated heterocycles. The average molecular weight is 100 g/mol. The molecule has 0 amide bonds. The monoisotopic (exact) mass is 100 g/mol. The molecule has 0 saturated carbocycles. The normalized spacial score (nSPS) is 11.7. The van der Waals surface area contributed by atoms with E-state index in [4.69, 9.17) is 0 Å². The van der Waals surface area contributed by atoms with E-state index in [1.165, 1.54) is 6.08 Å². The van der Waals surface area contributed by atoms with Crippen LogP contribution in [0.2, 0.25) is 0 Å². The quantitative estimate of drug-likeness (QED) is 0.466. The molecule has 40 valence electrons. The Kier molecular flexibility index (Phi) is 4.95. The fourth-order valence-electron chi connectivity index (χ4n) is 0.241. The molecule has 0 aromatic heterocycles. The van der Waals surface area contributed by atoms with Gasteiger partial charge in [-0.2, -0.15) is 0 Å². The fraction of sp³-hybridized carbons (Fsp3) is 0.333. The standard InChI is InChI=1S/C6H9F/c1-2-3-4-5-6-7/h2-5H,6H2,1H3/b3-2+,5-4+. The van der Waals surface area contributed by atoms with Gasteiger partial charge in [-0.05, 0) is 6.92 Å². The van der Waals surface area contributed by atoms with Crippen LogP contribution in [0.5, 0.6) is 0 Å². The minimum atomic E-state index is -0.371. The van der Waals surface area contributed by atoms with Crippen LogP contribution in [0.1, 0.15) is 6.92 Å². The number of hydrogen-bond donors (Lipinski definition) is 0. The highest BCUT2D eigenvalue weighted by atomic mass is 19.1. The fourth-order valence-corrected chi connectivity index (χ4v) is 0.241. The van der Waals surface area contributed by atoms with E-state index >= 15 is 0 Å². The zero-order valence-corrected chi connectivity index (χ0v) is 4.39. The smallest absolute Gasteiger partial charge is 0.108 e. The van der Waals surface area contributed by atoms with E-state index in [2.05, 4.69) is 0 Å². The second-order valence-electron chi connectivity index (χ2n) is 1.11. The maximum Gasteiger partial charge on any atom is 0.108 e. The number of alkyl halides is 1. The van der Waals surface area contributed by atoms with Gasteiger partial charge in [0.25, 0.3) is 0 Å². The lowest BCUT2D eigenvalue weighted by Crippen LogP contribution is -1.56. The summed E-state index contributed by atoms with van der Waals surface area (Å²) in [6.45, 7) is 1.52. The maximum atomic E-state index is 11.2. The molecule has 0 rings (SSSR count). The van der Waals surface area contributed by atoms with E-state index in [9.17, 15) is 4.39 Å². The second kappa shape index (κ2) is 5.41. The van der Waals surface area contributed by atoms with Gasteiger partial charge in [-0.1, -0.05) is 24.3 Å². The molecule has 0 aromatic rings. The second-order valence-corrected chi connectivity index (χ2v) is 1.11. The molecule has 0 aliphatic rings. The number of rotatable bonds is 2. The largest absolute Gasteiger partial charge is 0.247 e. The summed E-state index contributed by atoms with van der Waals surface area (Å²) in [5, 5.41) is 0. The lowest BCUT2D eigenvalue weighted by Gasteiger charge is -1.68. The molecule has 0 bridgehead atoms. The van der Waals surface area contributed by atoms with Crippen molar-refractivity contribution in [1.82, 2.24) is 0 Å². The molecule has 0 aliphatic carbocycles. The Morgan fingerprint density at radius 2 is 2.14 bits per heavy atom. The van der Waals surface area contributed by atoms with Gasteiger partial charge in [0.1, 0.15) is 6.67 Å². The van der Waals surface area contributed by atoms with E-state index < -0.39 is 0 Å². The molecule has 0 nitrogen and oxygen atoms in total. The van der Waals surface area contributed by atoms with Crippen molar-refractivity contribution >= 4 is 0 Å². The van der Waals surface area contributed by atoms with E-state index in [1.807, 2.05) is 13.0 Å². The molecule has 0 aromatic carbocycles. The van der Waals surface area contributed by atoms with Gasteiger partial charge >= 0.3 is 0 Å². The van der Waals surface area contributed by atoms with Crippen molar-refractivity contribution in [1.29, 1.82) is 0 Å². The Balaban J connectivity index is 3.09. The third-order valence-corrected chi connectivity index (χ3v) is 0.529. The predicted molar refractivity (Wildman–Crippen MR) is 29.9 cm³/mol. The van der Waals surface area contributed by atoms with Crippen molar-refractivity contribution in [2.45, 2.75) is 6.92 Å². The molecule has 0 radical (unpaired) electrons. The Bertz CT molecular complexity index is 72.2. The van der Waals surface area contributed by atoms with E-state index in [1.54, 1.807) is 12.2 Å². The van der Waals surface area contributed by atoms with Crippen LogP contribution in [-0.2, 0) is 0 Å². The molecule has 0 spiro atoms. The van der Waals surface area contributed by atoms with Gasteiger partial charge in [-0.3, -0.25) is 0 Å². The van der Waals surface area contributed by atoms with Gasteiger partial charge < -0.3 is 0 Å². The van der Waals surface area contributed by atoms with E-state index in [0.29, 0.717) is 0 Å². The summed E-state index contributed by atoms with van der Waals surface area (Å²) in [6.07, 6.45) is 6.78. The molecule has 0 N–H and O–H groups in total. The first-order chi connectivity index (χ1) is 3.41. The van der Waals surface area contributed by atoms with Crippen molar-refractivity contribution < 1.29 is 4.39 Å². The SMILES string of the molecule is C/C=C/C=C/CF. The maximum absolute atomic E-state index is 11.2. The Morgan fingerprint density at radius 3 is 2.57 bits per heavy atom. The van der Waals surface area contributed by atoms with Crippen LogP contribution >= 0.6 is 0 Å². The van der Waals surface area contributed by atoms with Crippen LogP contribution in [0.25, 0.3) is 0 Å². The summed E-state index contributed by atoms with van der Waals surface area (Å²) in [7, 11) is 0. The molecule has 0 atom stereocenters. The first kappa shape index (κ1) is 6.41. The van der Waals surface area contributed by atoms with Crippen molar-refractivity contribution in [2.24, 2.45) is 0 Å². The zero-order chi connectivity index (χ0) is 5.54. The minimum Gasteiger partial charge on any atom is -0.247 e. The van der Waals surface area contributed by atoms with Gasteiger partial charge in [0.2, 0.25) is 0 Å². The van der Waals surface area contributed by atoms with Crippen LogP contribution in [0.15, 0.2) is 24.3 Å². The van der Waals surface area contributed by atoms with Crippen LogP contribution in [-0.4, -0.2) is 6.67 Å². The highest BCUT2D eigenvalue weighted by Crippen LogP contribution is 1.75. The zero-order valence-electron chi connectivity index (χ0n) is 4.39. The van der Waals surface area contributed by atoms with Crippen molar-refractivity contribution in [3.8, 4) is 0 Å². The molecule has 7 heavy (non-hydrogen) atoms. The third-order valence-electron chi connectivity index (χ3n) is 0.529. The summed E-state index contributed by atoms with van der Waals surface area (Å²) in [5.41, 5.74) is 0. The lowest BCUT2D eigenvalue weighted by atomic mass is 10.5. The first-order valence-electron chi connectivity index (χ1n) is 2.25. The molecule has 0 aliphatic heterocycles. The van der Waals surface area contributed by atoms with Gasteiger partial charge in [-0.15, -0.1) is 0 Å². The molecule has 0 heterocycles. The van der Waals surface area contributed by atoms with Gasteiger partial charge in [0.05, 0.1) is 0 Å². The Morgan fingerprint density at radius 1 is 1.43 bits per heavy atom. The van der Waals surface area contributed by atoms with Crippen molar-refractivity contribution in [2.75, 3.05) is 6.67 Å². The van der Waals surface area contributed by atoms with Crippen LogP contribution < -0.4 is 0 Å². The van der Waals surface area contributed by atoms with Gasteiger partial charge in [0, 0.05) is 0 Å². The van der Waals surface area contributed by atoms with Crippen LogP contribution in [0.4, 0.5) is 4.39 Å². The number of hydrogen-bond acceptors (Lipinski definition) is 0. The summed E-state index contributed by atoms with van der Waals surface area (Å²) < 4.78 is 11.2. The first-order valence-corrected chi connectivity index (χ1v) is 2.25. The molecular formula is C6H9F. The topological polar surface area (TPSA) is 0 Å². The third kappa shape index (κ3) is 5.41. The summed E-state index contributed by atoms with van der Waals surface area (Å²) in [6, 6.07) is 0. The molecule has 1 heteroatoms. The average Bonchev–Trinajstić information content (AvgIpc) is 1.69. The van der Waals surface area contributed by atoms with Crippen LogP contribution in [0.3, 0.4) is 0 Å². The highest BCUT2D eigenvalue weighted by Gasteiger charge is 1.60. The van der Waals surface area contributed by atoms with Crippen LogP contribution in [0, 0.1) is 0 Å². The summed E-state index contributed by atoms with van der Waals surface area (Å²) in [5.74, 6) is 0. The predicted octanol–water partition coefficient (Wildman–Crippen LogP) is 2.09. The summed E-state index contributed by atoms with van der Waals surface area (Å²) >= 11 is 0. The van der Waals surface area contributed by atoms with E-state index in [0.717, 1.165) is 0 Å². The number of allylic oxidation sites excluding steroid dienone is 4. The Labute approximate surface area is 43.4 Å². The lowest BCUT2D eigenvalue weighted by molar-refractivity contribution is 0.562. The Hall–Kier alpha value is -0.590. The highest BCUT2D eigenvalue weighted by molar-refractivity contribution is 5.00. The van der Waals surface area contributed by atoms with Gasteiger partial charge in [0.15, 0.2) is 0 Å². The van der Waals surface area contributed by atoms with E-state index in [-0.39, 0.29) is 6.67 Å². The van der Waals surface area contributed by atoms with Gasteiger partial charge in [-0.25, -0.2) is 4.39 Å². The van der Waals surface area contributed by atoms with Crippen molar-refractivity contribution in [3.63, 3.8) is 0 Å². The minimum absolute atomic E-state index is 0.371. The molecule has 0 unspecified atom stereocenters.